The van der Waals surface area contributed by atoms with Crippen LogP contribution in [0.1, 0.15) is 50.4 Å². The molecule has 2 aromatic rings. The number of rotatable bonds is 6. The van der Waals surface area contributed by atoms with Gasteiger partial charge in [-0.1, -0.05) is 42.0 Å². The van der Waals surface area contributed by atoms with Crippen molar-refractivity contribution < 1.29 is 0 Å². The molecule has 1 aromatic heterocycles. The fourth-order valence-corrected chi connectivity index (χ4v) is 4.36. The zero-order chi connectivity index (χ0) is 21.5. The van der Waals surface area contributed by atoms with Crippen molar-refractivity contribution in [3.8, 4) is 0 Å². The Morgan fingerprint density at radius 1 is 1.13 bits per heavy atom. The van der Waals surface area contributed by atoms with Crippen molar-refractivity contribution in [3.05, 3.63) is 57.8 Å². The first kappa shape index (κ1) is 21.4. The summed E-state index contributed by atoms with van der Waals surface area (Å²) in [6.07, 6.45) is 8.39. The highest BCUT2D eigenvalue weighted by atomic mass is 16.2. The van der Waals surface area contributed by atoms with E-state index in [4.69, 9.17) is 4.99 Å². The Bertz CT molecular complexity index is 962. The van der Waals surface area contributed by atoms with Crippen LogP contribution in [0.15, 0.2) is 45.7 Å². The molecule has 3 heterocycles. The highest BCUT2D eigenvalue weighted by molar-refractivity contribution is 5.80. The van der Waals surface area contributed by atoms with E-state index < -0.39 is 0 Å². The van der Waals surface area contributed by atoms with Crippen molar-refractivity contribution in [2.45, 2.75) is 58.5 Å². The Morgan fingerprint density at radius 2 is 1.94 bits per heavy atom. The van der Waals surface area contributed by atoms with E-state index in [0.29, 0.717) is 13.1 Å². The van der Waals surface area contributed by atoms with E-state index in [0.717, 1.165) is 76.5 Å². The molecule has 1 saturated heterocycles. The molecule has 4 rings (SSSR count). The number of nitrogens with zero attached hydrogens (tertiary/aromatic N) is 5. The first-order valence-corrected chi connectivity index (χ1v) is 11.7. The van der Waals surface area contributed by atoms with Crippen molar-refractivity contribution in [2.24, 2.45) is 4.99 Å². The molecular formula is C24H34N6O. The number of fused-ring (bicyclic) bond motifs is 1. The van der Waals surface area contributed by atoms with Gasteiger partial charge in [0.2, 0.25) is 0 Å². The van der Waals surface area contributed by atoms with Gasteiger partial charge in [0, 0.05) is 45.7 Å². The molecule has 2 aliphatic rings. The largest absolute Gasteiger partial charge is 0.357 e. The third-order valence-electron chi connectivity index (χ3n) is 6.03. The zero-order valence-electron chi connectivity index (χ0n) is 18.6. The molecule has 166 valence electrons. The Hall–Kier alpha value is -2.83. The third-order valence-corrected chi connectivity index (χ3v) is 6.03. The summed E-state index contributed by atoms with van der Waals surface area (Å²) in [5, 5.41) is 7.96. The lowest BCUT2D eigenvalue weighted by Crippen LogP contribution is -2.44. The monoisotopic (exact) mass is 422 g/mol. The highest BCUT2D eigenvalue weighted by Gasteiger charge is 2.18. The second-order valence-electron chi connectivity index (χ2n) is 8.32. The van der Waals surface area contributed by atoms with Gasteiger partial charge in [-0.3, -0.25) is 9.56 Å². The molecule has 7 heteroatoms. The Balaban J connectivity index is 1.30. The van der Waals surface area contributed by atoms with Gasteiger partial charge in [-0.15, -0.1) is 0 Å². The fraction of sp³-hybridized carbons (Fsp3) is 0.542. The van der Waals surface area contributed by atoms with Crippen molar-refractivity contribution in [1.82, 2.24) is 24.6 Å². The summed E-state index contributed by atoms with van der Waals surface area (Å²) >= 11 is 0. The van der Waals surface area contributed by atoms with Crippen LogP contribution in [0.2, 0.25) is 0 Å². The minimum atomic E-state index is 0.0411. The molecule has 2 aliphatic heterocycles. The quantitative estimate of drug-likeness (QED) is 0.442. The number of likely N-dealkylation sites (tertiary alicyclic amines) is 1. The molecule has 0 saturated carbocycles. The molecule has 0 bridgehead atoms. The Kier molecular flexibility index (Phi) is 7.22. The predicted octanol–water partition coefficient (Wildman–Crippen LogP) is 2.92. The maximum atomic E-state index is 12.5. The molecule has 7 nitrogen and oxygen atoms in total. The minimum Gasteiger partial charge on any atom is -0.357 e. The molecular weight excluding hydrogens is 388 g/mol. The van der Waals surface area contributed by atoms with Gasteiger partial charge in [-0.25, -0.2) is 9.48 Å². The van der Waals surface area contributed by atoms with Gasteiger partial charge >= 0.3 is 5.69 Å². The lowest BCUT2D eigenvalue weighted by Gasteiger charge is -2.31. The molecule has 0 amide bonds. The number of hydrogen-bond acceptors (Lipinski definition) is 3. The van der Waals surface area contributed by atoms with E-state index >= 15 is 0 Å². The molecule has 31 heavy (non-hydrogen) atoms. The summed E-state index contributed by atoms with van der Waals surface area (Å²) in [6.45, 7) is 7.07. The first-order valence-electron chi connectivity index (χ1n) is 11.7. The van der Waals surface area contributed by atoms with Crippen LogP contribution in [-0.4, -0.2) is 51.4 Å². The van der Waals surface area contributed by atoms with Crippen molar-refractivity contribution >= 4 is 12.0 Å². The molecule has 1 fully saturated rings. The van der Waals surface area contributed by atoms with Gasteiger partial charge < -0.3 is 10.2 Å². The number of aliphatic imine (C=N–C) groups is 1. The van der Waals surface area contributed by atoms with Crippen LogP contribution in [0.4, 0.5) is 0 Å². The van der Waals surface area contributed by atoms with Crippen molar-refractivity contribution in [1.29, 1.82) is 0 Å². The summed E-state index contributed by atoms with van der Waals surface area (Å²) in [7, 11) is 0. The Labute approximate surface area is 184 Å². The van der Waals surface area contributed by atoms with E-state index in [-0.39, 0.29) is 5.69 Å². The minimum absolute atomic E-state index is 0.0411. The van der Waals surface area contributed by atoms with E-state index in [1.807, 2.05) is 4.57 Å². The maximum absolute atomic E-state index is 12.5. The van der Waals surface area contributed by atoms with Crippen LogP contribution in [0.25, 0.3) is 6.08 Å². The summed E-state index contributed by atoms with van der Waals surface area (Å²) < 4.78 is 3.47. The maximum Gasteiger partial charge on any atom is 0.345 e. The standard InChI is InChI=1S/C24H34N6O/c1-2-25-23(28-17-12-21(13-18-28)19-20-9-4-3-5-10-20)26-14-8-16-30-24(31)29-15-7-6-11-22(29)27-30/h3-5,9-10,19H,2,6-8,11-18H2,1H3,(H,25,26). The van der Waals surface area contributed by atoms with Crippen LogP contribution in [0.5, 0.6) is 0 Å². The van der Waals surface area contributed by atoms with E-state index in [1.54, 1.807) is 4.68 Å². The predicted molar refractivity (Wildman–Crippen MR) is 125 cm³/mol. The van der Waals surface area contributed by atoms with E-state index in [9.17, 15) is 4.79 Å². The van der Waals surface area contributed by atoms with Crippen LogP contribution >= 0.6 is 0 Å². The average Bonchev–Trinajstić information content (AvgIpc) is 3.13. The number of aromatic nitrogens is 3. The van der Waals surface area contributed by atoms with E-state index in [1.165, 1.54) is 11.1 Å². The number of piperidine rings is 1. The normalized spacial score (nSPS) is 16.9. The van der Waals surface area contributed by atoms with Crippen molar-refractivity contribution in [2.75, 3.05) is 26.2 Å². The summed E-state index contributed by atoms with van der Waals surface area (Å²) in [6, 6.07) is 10.6. The number of aryl methyl sites for hydroxylation is 2. The number of nitrogens with one attached hydrogen (secondary N) is 1. The second-order valence-corrected chi connectivity index (χ2v) is 8.32. The molecule has 0 spiro atoms. The molecule has 0 unspecified atom stereocenters. The molecule has 0 aliphatic carbocycles. The van der Waals surface area contributed by atoms with Gasteiger partial charge in [-0.05, 0) is 44.6 Å². The lowest BCUT2D eigenvalue weighted by atomic mass is 10.0. The van der Waals surface area contributed by atoms with Crippen LogP contribution in [0.3, 0.4) is 0 Å². The first-order chi connectivity index (χ1) is 15.2. The van der Waals surface area contributed by atoms with Gasteiger partial charge in [0.05, 0.1) is 0 Å². The van der Waals surface area contributed by atoms with Gasteiger partial charge in [0.15, 0.2) is 5.96 Å². The van der Waals surface area contributed by atoms with E-state index in [2.05, 4.69) is 58.6 Å². The van der Waals surface area contributed by atoms with Crippen LogP contribution in [0, 0.1) is 0 Å². The topological polar surface area (TPSA) is 67.5 Å². The SMILES string of the molecule is CCNC(=NCCCn1nc2n(c1=O)CCCC2)N1CCC(=Cc2ccccc2)CC1. The fourth-order valence-electron chi connectivity index (χ4n) is 4.36. The average molecular weight is 423 g/mol. The zero-order valence-corrected chi connectivity index (χ0v) is 18.6. The molecule has 1 aromatic carbocycles. The number of benzene rings is 1. The van der Waals surface area contributed by atoms with Gasteiger partial charge in [0.25, 0.3) is 0 Å². The summed E-state index contributed by atoms with van der Waals surface area (Å²) in [4.78, 5) is 19.6. The molecule has 1 N–H and O–H groups in total. The second kappa shape index (κ2) is 10.5. The third kappa shape index (κ3) is 5.46. The lowest BCUT2D eigenvalue weighted by molar-refractivity contribution is 0.375. The molecule has 0 radical (unpaired) electrons. The van der Waals surface area contributed by atoms with Gasteiger partial charge in [-0.2, -0.15) is 5.10 Å². The Morgan fingerprint density at radius 3 is 2.68 bits per heavy atom. The van der Waals surface area contributed by atoms with Gasteiger partial charge in [0.1, 0.15) is 5.82 Å². The molecule has 0 atom stereocenters. The summed E-state index contributed by atoms with van der Waals surface area (Å²) in [5.74, 6) is 1.93. The summed E-state index contributed by atoms with van der Waals surface area (Å²) in [5.41, 5.74) is 2.82. The number of guanidine groups is 1. The van der Waals surface area contributed by atoms with Crippen molar-refractivity contribution in [3.63, 3.8) is 0 Å². The van der Waals surface area contributed by atoms with Crippen LogP contribution in [-0.2, 0) is 19.5 Å². The smallest absolute Gasteiger partial charge is 0.345 e. The highest BCUT2D eigenvalue weighted by Crippen LogP contribution is 2.19. The van der Waals surface area contributed by atoms with Crippen LogP contribution < -0.4 is 11.0 Å². The number of hydrogen-bond donors (Lipinski definition) is 1.